The van der Waals surface area contributed by atoms with Gasteiger partial charge in [-0.3, -0.25) is 4.79 Å². The summed E-state index contributed by atoms with van der Waals surface area (Å²) in [5.74, 6) is 0.718. The molecule has 2 N–H and O–H groups in total. The third-order valence-electron chi connectivity index (χ3n) is 3.86. The number of amides is 1. The minimum Gasteiger partial charge on any atom is -0.497 e. The van der Waals surface area contributed by atoms with Gasteiger partial charge in [0.15, 0.2) is 6.61 Å². The van der Waals surface area contributed by atoms with Gasteiger partial charge in [0.05, 0.1) is 17.0 Å². The van der Waals surface area contributed by atoms with Gasteiger partial charge in [-0.2, -0.15) is 0 Å². The Morgan fingerprint density at radius 2 is 1.83 bits per heavy atom. The highest BCUT2D eigenvalue weighted by atomic mass is 35.5. The highest BCUT2D eigenvalue weighted by Crippen LogP contribution is 2.27. The summed E-state index contributed by atoms with van der Waals surface area (Å²) in [6.45, 7) is 3.69. The zero-order valence-corrected chi connectivity index (χ0v) is 18.1. The van der Waals surface area contributed by atoms with Crippen molar-refractivity contribution in [3.05, 3.63) is 53.1 Å². The summed E-state index contributed by atoms with van der Waals surface area (Å²) in [4.78, 5) is 12.0. The minimum atomic E-state index is -3.65. The van der Waals surface area contributed by atoms with Gasteiger partial charge in [0, 0.05) is 12.6 Å². The molecule has 2 aromatic carbocycles. The second-order valence-electron chi connectivity index (χ2n) is 6.60. The summed E-state index contributed by atoms with van der Waals surface area (Å²) >= 11 is 6.11. The summed E-state index contributed by atoms with van der Waals surface area (Å²) in [6.07, 6.45) is 0.673. The number of halogens is 1. The van der Waals surface area contributed by atoms with Gasteiger partial charge in [-0.25, -0.2) is 13.1 Å². The molecule has 0 fully saturated rings. The lowest BCUT2D eigenvalue weighted by Gasteiger charge is -2.12. The van der Waals surface area contributed by atoms with Gasteiger partial charge in [0.1, 0.15) is 11.5 Å². The molecule has 0 radical (unpaired) electrons. The van der Waals surface area contributed by atoms with Gasteiger partial charge in [-0.1, -0.05) is 23.7 Å². The summed E-state index contributed by atoms with van der Waals surface area (Å²) < 4.78 is 37.3. The number of carbonyl (C=O) groups is 1. The molecule has 7 nitrogen and oxygen atoms in total. The molecule has 0 aliphatic rings. The smallest absolute Gasteiger partial charge is 0.257 e. The van der Waals surface area contributed by atoms with Crippen LogP contribution in [-0.4, -0.2) is 40.6 Å². The van der Waals surface area contributed by atoms with Crippen molar-refractivity contribution in [2.24, 2.45) is 0 Å². The van der Waals surface area contributed by atoms with Gasteiger partial charge >= 0.3 is 0 Å². The molecule has 0 aromatic heterocycles. The van der Waals surface area contributed by atoms with E-state index in [0.717, 1.165) is 11.3 Å². The van der Waals surface area contributed by atoms with Crippen LogP contribution in [0, 0.1) is 0 Å². The first-order valence-electron chi connectivity index (χ1n) is 9.05. The molecule has 0 unspecified atom stereocenters. The van der Waals surface area contributed by atoms with E-state index in [1.54, 1.807) is 21.0 Å². The molecule has 9 heteroatoms. The Morgan fingerprint density at radius 3 is 2.41 bits per heavy atom. The lowest BCUT2D eigenvalue weighted by Crippen LogP contribution is -2.31. The van der Waals surface area contributed by atoms with Crippen LogP contribution in [0.3, 0.4) is 0 Å². The van der Waals surface area contributed by atoms with E-state index in [-0.39, 0.29) is 34.2 Å². The first-order chi connectivity index (χ1) is 13.7. The van der Waals surface area contributed by atoms with Crippen LogP contribution in [0.15, 0.2) is 47.4 Å². The summed E-state index contributed by atoms with van der Waals surface area (Å²) in [6, 6.07) is 11.5. The van der Waals surface area contributed by atoms with E-state index in [2.05, 4.69) is 10.0 Å². The summed E-state index contributed by atoms with van der Waals surface area (Å²) in [5.41, 5.74) is 1.07. The number of nitrogens with one attached hydrogen (secondary N) is 2. The van der Waals surface area contributed by atoms with Crippen LogP contribution in [0.2, 0.25) is 5.02 Å². The van der Waals surface area contributed by atoms with E-state index in [1.165, 1.54) is 18.2 Å². The third kappa shape index (κ3) is 7.23. The van der Waals surface area contributed by atoms with Crippen LogP contribution in [0.4, 0.5) is 0 Å². The molecule has 1 amide bonds. The van der Waals surface area contributed by atoms with Crippen LogP contribution >= 0.6 is 11.6 Å². The van der Waals surface area contributed by atoms with E-state index in [4.69, 9.17) is 21.1 Å². The first-order valence-corrected chi connectivity index (χ1v) is 10.9. The van der Waals surface area contributed by atoms with Gasteiger partial charge in [0.2, 0.25) is 10.0 Å². The standard InChI is InChI=1S/C20H25ClN2O5S/c1-14(2)23-29(25,26)17-8-9-19(18(21)12-17)28-13-20(24)22-11-10-15-4-6-16(27-3)7-5-15/h4-9,12,14,23H,10-11,13H2,1-3H3,(H,22,24). The maximum absolute atomic E-state index is 12.2. The molecule has 0 atom stereocenters. The van der Waals surface area contributed by atoms with E-state index >= 15 is 0 Å². The van der Waals surface area contributed by atoms with Crippen molar-refractivity contribution in [1.29, 1.82) is 0 Å². The van der Waals surface area contributed by atoms with Gasteiger partial charge < -0.3 is 14.8 Å². The van der Waals surface area contributed by atoms with Crippen molar-refractivity contribution in [2.45, 2.75) is 31.2 Å². The number of rotatable bonds is 10. The average Bonchev–Trinajstić information content (AvgIpc) is 2.66. The van der Waals surface area contributed by atoms with Crippen LogP contribution in [0.1, 0.15) is 19.4 Å². The maximum Gasteiger partial charge on any atom is 0.257 e. The van der Waals surface area contributed by atoms with Gasteiger partial charge in [-0.15, -0.1) is 0 Å². The molecule has 2 aromatic rings. The Hall–Kier alpha value is -2.29. The molecule has 0 saturated carbocycles. The van der Waals surface area contributed by atoms with Crippen LogP contribution in [0.25, 0.3) is 0 Å². The summed E-state index contributed by atoms with van der Waals surface area (Å²) in [5, 5.41) is 2.88. The number of ether oxygens (including phenoxy) is 2. The SMILES string of the molecule is COc1ccc(CCNC(=O)COc2ccc(S(=O)(=O)NC(C)C)cc2Cl)cc1. The van der Waals surface area contributed by atoms with Crippen LogP contribution in [0.5, 0.6) is 11.5 Å². The van der Waals surface area contributed by atoms with Gasteiger partial charge in [-0.05, 0) is 56.2 Å². The predicted molar refractivity (Wildman–Crippen MR) is 112 cm³/mol. The molecular weight excluding hydrogens is 416 g/mol. The monoisotopic (exact) mass is 440 g/mol. The Bertz CT molecular complexity index is 930. The second kappa shape index (κ2) is 10.5. The number of benzene rings is 2. The predicted octanol–water partition coefficient (Wildman–Crippen LogP) is 2.77. The van der Waals surface area contributed by atoms with Crippen molar-refractivity contribution < 1.29 is 22.7 Å². The maximum atomic E-state index is 12.2. The topological polar surface area (TPSA) is 93.7 Å². The quantitative estimate of drug-likeness (QED) is 0.592. The van der Waals surface area contributed by atoms with Crippen LogP contribution in [-0.2, 0) is 21.2 Å². The Labute approximate surface area is 176 Å². The molecule has 0 spiro atoms. The largest absolute Gasteiger partial charge is 0.497 e. The normalized spacial score (nSPS) is 11.3. The number of hydrogen-bond donors (Lipinski definition) is 2. The average molecular weight is 441 g/mol. The zero-order valence-electron chi connectivity index (χ0n) is 16.6. The fourth-order valence-electron chi connectivity index (χ4n) is 2.48. The third-order valence-corrected chi connectivity index (χ3v) is 5.81. The Balaban J connectivity index is 1.83. The Morgan fingerprint density at radius 1 is 1.14 bits per heavy atom. The summed E-state index contributed by atoms with van der Waals surface area (Å²) in [7, 11) is -2.04. The van der Waals surface area contributed by atoms with E-state index in [0.29, 0.717) is 13.0 Å². The Kier molecular flexibility index (Phi) is 8.31. The van der Waals surface area contributed by atoms with Crippen molar-refractivity contribution in [3.63, 3.8) is 0 Å². The molecule has 0 bridgehead atoms. The van der Waals surface area contributed by atoms with Crippen molar-refractivity contribution in [3.8, 4) is 11.5 Å². The molecule has 2 rings (SSSR count). The van der Waals surface area contributed by atoms with Crippen molar-refractivity contribution in [2.75, 3.05) is 20.3 Å². The van der Waals surface area contributed by atoms with Crippen molar-refractivity contribution >= 4 is 27.5 Å². The number of sulfonamides is 1. The lowest BCUT2D eigenvalue weighted by molar-refractivity contribution is -0.123. The molecule has 158 valence electrons. The number of methoxy groups -OCH3 is 1. The van der Waals surface area contributed by atoms with E-state index in [9.17, 15) is 13.2 Å². The number of hydrogen-bond acceptors (Lipinski definition) is 5. The fraction of sp³-hybridized carbons (Fsp3) is 0.350. The number of carbonyl (C=O) groups excluding carboxylic acids is 1. The molecule has 29 heavy (non-hydrogen) atoms. The van der Waals surface area contributed by atoms with Crippen LogP contribution < -0.4 is 19.5 Å². The zero-order chi connectivity index (χ0) is 21.4. The highest BCUT2D eigenvalue weighted by molar-refractivity contribution is 7.89. The molecule has 0 aliphatic heterocycles. The first kappa shape index (κ1) is 23.0. The second-order valence-corrected chi connectivity index (χ2v) is 8.73. The molecule has 0 aliphatic carbocycles. The molecule has 0 saturated heterocycles. The molecular formula is C20H25ClN2O5S. The van der Waals surface area contributed by atoms with E-state index in [1.807, 2.05) is 24.3 Å². The molecule has 0 heterocycles. The fourth-order valence-corrected chi connectivity index (χ4v) is 4.05. The lowest BCUT2D eigenvalue weighted by atomic mass is 10.1. The minimum absolute atomic E-state index is 0.0347. The highest BCUT2D eigenvalue weighted by Gasteiger charge is 2.17. The van der Waals surface area contributed by atoms with Crippen molar-refractivity contribution in [1.82, 2.24) is 10.0 Å². The van der Waals surface area contributed by atoms with E-state index < -0.39 is 10.0 Å². The van der Waals surface area contributed by atoms with Gasteiger partial charge in [0.25, 0.3) is 5.91 Å².